The summed E-state index contributed by atoms with van der Waals surface area (Å²) in [5.74, 6) is 0.0681. The molecular weight excluding hydrogens is 457 g/mol. The first-order valence-corrected chi connectivity index (χ1v) is 13.0. The van der Waals surface area contributed by atoms with Crippen LogP contribution >= 0.6 is 0 Å². The van der Waals surface area contributed by atoms with Crippen molar-refractivity contribution in [3.8, 4) is 5.75 Å². The molecule has 0 unspecified atom stereocenters. The molecule has 0 aliphatic carbocycles. The van der Waals surface area contributed by atoms with Gasteiger partial charge in [0.1, 0.15) is 18.2 Å². The Bertz CT molecular complexity index is 1190. The highest BCUT2D eigenvalue weighted by Gasteiger charge is 2.17. The fraction of sp³-hybridized carbons (Fsp3) is 0.414. The summed E-state index contributed by atoms with van der Waals surface area (Å²) in [5.41, 5.74) is 1.77. The lowest BCUT2D eigenvalue weighted by Gasteiger charge is -2.26. The molecule has 2 saturated heterocycles. The van der Waals surface area contributed by atoms with E-state index in [1.165, 1.54) is 25.0 Å². The summed E-state index contributed by atoms with van der Waals surface area (Å²) in [6.07, 6.45) is 4.56. The molecule has 0 atom stereocenters. The van der Waals surface area contributed by atoms with Crippen LogP contribution in [0.25, 0.3) is 10.8 Å². The van der Waals surface area contributed by atoms with Crippen molar-refractivity contribution >= 4 is 28.1 Å². The summed E-state index contributed by atoms with van der Waals surface area (Å²) in [4.78, 5) is 17.7. The molecule has 36 heavy (non-hydrogen) atoms. The van der Waals surface area contributed by atoms with Crippen LogP contribution in [0.1, 0.15) is 36.0 Å². The summed E-state index contributed by atoms with van der Waals surface area (Å²) in [7, 11) is 0. The van der Waals surface area contributed by atoms with Gasteiger partial charge in [0.05, 0.1) is 13.2 Å². The lowest BCUT2D eigenvalue weighted by Crippen LogP contribution is -2.38. The van der Waals surface area contributed by atoms with Crippen LogP contribution in [0.3, 0.4) is 0 Å². The van der Waals surface area contributed by atoms with Gasteiger partial charge >= 0.3 is 0 Å². The van der Waals surface area contributed by atoms with Gasteiger partial charge in [0.15, 0.2) is 0 Å². The lowest BCUT2D eigenvalue weighted by molar-refractivity contribution is 0.0323. The summed E-state index contributed by atoms with van der Waals surface area (Å²) < 4.78 is 26.0. The molecule has 2 fully saturated rings. The molecule has 1 N–H and O–H groups in total. The van der Waals surface area contributed by atoms with E-state index in [9.17, 15) is 9.18 Å². The number of hydrogen-bond acceptors (Lipinski definition) is 5. The van der Waals surface area contributed by atoms with Crippen LogP contribution in [0.5, 0.6) is 5.75 Å². The molecule has 7 heteroatoms. The number of hydrogen-bond donors (Lipinski definition) is 1. The SMILES string of the molecule is O=C(Nc1ccc(OCCN2CCOCC2)c2ccccc12)c1cc(F)cc(N2CCCCCC2)c1. The third kappa shape index (κ3) is 5.97. The average molecular weight is 492 g/mol. The van der Waals surface area contributed by atoms with Gasteiger partial charge in [-0.15, -0.1) is 0 Å². The maximum atomic E-state index is 14.5. The van der Waals surface area contributed by atoms with Gasteiger partial charge in [0, 0.05) is 60.4 Å². The number of amides is 1. The van der Waals surface area contributed by atoms with Crippen molar-refractivity contribution < 1.29 is 18.7 Å². The molecule has 2 aliphatic heterocycles. The van der Waals surface area contributed by atoms with Crippen LogP contribution in [0, 0.1) is 5.82 Å². The Morgan fingerprint density at radius 2 is 1.67 bits per heavy atom. The van der Waals surface area contributed by atoms with Crippen molar-refractivity contribution in [1.82, 2.24) is 4.90 Å². The van der Waals surface area contributed by atoms with E-state index < -0.39 is 5.82 Å². The topological polar surface area (TPSA) is 54.0 Å². The number of fused-ring (bicyclic) bond motifs is 1. The van der Waals surface area contributed by atoms with Gasteiger partial charge < -0.3 is 19.7 Å². The molecule has 5 rings (SSSR count). The zero-order chi connectivity index (χ0) is 24.7. The quantitative estimate of drug-likeness (QED) is 0.485. The number of morpholine rings is 1. The third-order valence-electron chi connectivity index (χ3n) is 7.02. The molecule has 0 aromatic heterocycles. The number of nitrogens with one attached hydrogen (secondary N) is 1. The number of ether oxygens (including phenoxy) is 2. The van der Waals surface area contributed by atoms with Gasteiger partial charge in [0.25, 0.3) is 5.91 Å². The van der Waals surface area contributed by atoms with Crippen molar-refractivity contribution in [2.24, 2.45) is 0 Å². The van der Waals surface area contributed by atoms with Crippen molar-refractivity contribution in [2.75, 3.05) is 62.8 Å². The van der Waals surface area contributed by atoms with Crippen LogP contribution in [-0.4, -0.2) is 63.4 Å². The third-order valence-corrected chi connectivity index (χ3v) is 7.02. The van der Waals surface area contributed by atoms with E-state index in [2.05, 4.69) is 15.1 Å². The average Bonchev–Trinajstić information content (AvgIpc) is 3.20. The van der Waals surface area contributed by atoms with Crippen molar-refractivity contribution in [1.29, 1.82) is 0 Å². The van der Waals surface area contributed by atoms with Crippen LogP contribution < -0.4 is 15.0 Å². The molecule has 2 aliphatic rings. The lowest BCUT2D eigenvalue weighted by atomic mass is 10.1. The smallest absolute Gasteiger partial charge is 0.255 e. The Morgan fingerprint density at radius 3 is 2.44 bits per heavy atom. The standard InChI is InChI=1S/C29H34FN3O3/c30-23-19-22(20-24(21-23)33-11-5-1-2-6-12-33)29(34)31-27-9-10-28(26-8-4-3-7-25(26)27)36-18-15-32-13-16-35-17-14-32/h3-4,7-10,19-21H,1-2,5-6,11-18H2,(H,31,34). The van der Waals surface area contributed by atoms with Crippen molar-refractivity contribution in [3.05, 3.63) is 66.0 Å². The zero-order valence-corrected chi connectivity index (χ0v) is 20.7. The molecule has 0 radical (unpaired) electrons. The van der Waals surface area contributed by atoms with E-state index in [0.717, 1.165) is 81.0 Å². The minimum atomic E-state index is -0.393. The monoisotopic (exact) mass is 491 g/mol. The molecular formula is C29H34FN3O3. The van der Waals surface area contributed by atoms with Crippen LogP contribution in [0.15, 0.2) is 54.6 Å². The van der Waals surface area contributed by atoms with E-state index in [-0.39, 0.29) is 5.91 Å². The number of halogens is 1. The molecule has 3 aromatic carbocycles. The summed E-state index contributed by atoms with van der Waals surface area (Å²) in [6, 6.07) is 16.3. The van der Waals surface area contributed by atoms with E-state index in [1.54, 1.807) is 6.07 Å². The van der Waals surface area contributed by atoms with Gasteiger partial charge in [-0.1, -0.05) is 37.1 Å². The van der Waals surface area contributed by atoms with Gasteiger partial charge in [0.2, 0.25) is 0 Å². The molecule has 190 valence electrons. The fourth-order valence-corrected chi connectivity index (χ4v) is 5.03. The van der Waals surface area contributed by atoms with E-state index in [0.29, 0.717) is 17.9 Å². The van der Waals surface area contributed by atoms with Crippen LogP contribution in [0.4, 0.5) is 15.8 Å². The van der Waals surface area contributed by atoms with Gasteiger partial charge in [-0.05, 0) is 43.2 Å². The number of anilines is 2. The maximum absolute atomic E-state index is 14.5. The molecule has 6 nitrogen and oxygen atoms in total. The summed E-state index contributed by atoms with van der Waals surface area (Å²) in [5, 5.41) is 4.82. The predicted molar refractivity (Wildman–Crippen MR) is 142 cm³/mol. The largest absolute Gasteiger partial charge is 0.492 e. The number of nitrogens with zero attached hydrogens (tertiary/aromatic N) is 2. The number of rotatable bonds is 7. The Kier molecular flexibility index (Phi) is 7.98. The number of benzene rings is 3. The van der Waals surface area contributed by atoms with E-state index in [1.807, 2.05) is 36.4 Å². The zero-order valence-electron chi connectivity index (χ0n) is 20.7. The molecule has 2 heterocycles. The molecule has 1 amide bonds. The molecule has 3 aromatic rings. The van der Waals surface area contributed by atoms with Gasteiger partial charge in [-0.2, -0.15) is 0 Å². The normalized spacial score (nSPS) is 17.1. The molecule has 0 spiro atoms. The Labute approximate surface area is 212 Å². The van der Waals surface area contributed by atoms with E-state index in [4.69, 9.17) is 9.47 Å². The fourth-order valence-electron chi connectivity index (χ4n) is 5.03. The van der Waals surface area contributed by atoms with Gasteiger partial charge in [-0.25, -0.2) is 4.39 Å². The predicted octanol–water partition coefficient (Wildman–Crippen LogP) is 5.32. The maximum Gasteiger partial charge on any atom is 0.255 e. The second-order valence-corrected chi connectivity index (χ2v) is 9.51. The summed E-state index contributed by atoms with van der Waals surface area (Å²) >= 11 is 0. The Morgan fingerprint density at radius 1 is 0.917 bits per heavy atom. The minimum Gasteiger partial charge on any atom is -0.492 e. The minimum absolute atomic E-state index is 0.322. The Hall–Kier alpha value is -3.16. The van der Waals surface area contributed by atoms with Crippen molar-refractivity contribution in [2.45, 2.75) is 25.7 Å². The molecule has 0 saturated carbocycles. The highest BCUT2D eigenvalue weighted by molar-refractivity contribution is 6.10. The van der Waals surface area contributed by atoms with Crippen LogP contribution in [-0.2, 0) is 4.74 Å². The van der Waals surface area contributed by atoms with E-state index >= 15 is 0 Å². The second-order valence-electron chi connectivity index (χ2n) is 9.51. The first kappa shape index (κ1) is 24.5. The highest BCUT2D eigenvalue weighted by atomic mass is 19.1. The second kappa shape index (κ2) is 11.7. The molecule has 0 bridgehead atoms. The van der Waals surface area contributed by atoms with Gasteiger partial charge in [-0.3, -0.25) is 9.69 Å². The van der Waals surface area contributed by atoms with Crippen molar-refractivity contribution in [3.63, 3.8) is 0 Å². The summed E-state index contributed by atoms with van der Waals surface area (Å²) in [6.45, 7) is 6.59. The Balaban J connectivity index is 1.31. The highest BCUT2D eigenvalue weighted by Crippen LogP contribution is 2.32. The number of carbonyl (C=O) groups is 1. The number of carbonyl (C=O) groups excluding carboxylic acids is 1. The first-order chi connectivity index (χ1) is 17.7. The first-order valence-electron chi connectivity index (χ1n) is 13.0. The van der Waals surface area contributed by atoms with Crippen LogP contribution in [0.2, 0.25) is 0 Å².